The smallest absolute Gasteiger partial charge is 0.305 e. The van der Waals surface area contributed by atoms with Crippen molar-refractivity contribution in [3.05, 3.63) is 0 Å². The van der Waals surface area contributed by atoms with E-state index < -0.39 is 12.1 Å². The number of hydrogen-bond acceptors (Lipinski definition) is 2. The van der Waals surface area contributed by atoms with Crippen molar-refractivity contribution in [3.8, 4) is 0 Å². The van der Waals surface area contributed by atoms with Crippen molar-refractivity contribution < 1.29 is 15.0 Å². The molecule has 0 aliphatic heterocycles. The van der Waals surface area contributed by atoms with Gasteiger partial charge in [0.25, 0.3) is 0 Å². The lowest BCUT2D eigenvalue weighted by molar-refractivity contribution is -0.139. The van der Waals surface area contributed by atoms with Gasteiger partial charge in [-0.15, -0.1) is 0 Å². The van der Waals surface area contributed by atoms with E-state index in [-0.39, 0.29) is 6.42 Å². The van der Waals surface area contributed by atoms with Gasteiger partial charge in [0.2, 0.25) is 0 Å². The summed E-state index contributed by atoms with van der Waals surface area (Å²) in [7, 11) is 0. The molecule has 0 aromatic heterocycles. The molecule has 0 saturated carbocycles. The van der Waals surface area contributed by atoms with Crippen LogP contribution >= 0.6 is 0 Å². The quantitative estimate of drug-likeness (QED) is 0.594. The molecule has 0 bridgehead atoms. The maximum atomic E-state index is 10.2. The lowest BCUT2D eigenvalue weighted by Crippen LogP contribution is -2.12. The van der Waals surface area contributed by atoms with Crippen LogP contribution < -0.4 is 0 Å². The fourth-order valence-corrected chi connectivity index (χ4v) is 1.38. The Morgan fingerprint density at radius 2 is 1.86 bits per heavy atom. The molecule has 0 heterocycles. The Morgan fingerprint density at radius 1 is 1.29 bits per heavy atom. The third-order valence-electron chi connectivity index (χ3n) is 2.59. The lowest BCUT2D eigenvalue weighted by atomic mass is 9.99. The zero-order chi connectivity index (χ0) is 11.0. The van der Waals surface area contributed by atoms with Gasteiger partial charge in [-0.05, 0) is 12.3 Å². The minimum absolute atomic E-state index is 0.122. The highest BCUT2D eigenvalue weighted by Gasteiger charge is 2.08. The van der Waals surface area contributed by atoms with E-state index in [4.69, 9.17) is 5.11 Å². The van der Waals surface area contributed by atoms with Gasteiger partial charge in [0.05, 0.1) is 12.5 Å². The van der Waals surface area contributed by atoms with Crippen LogP contribution in [-0.2, 0) is 4.79 Å². The van der Waals surface area contributed by atoms with E-state index in [2.05, 4.69) is 13.8 Å². The molecule has 0 aromatic rings. The van der Waals surface area contributed by atoms with Crippen LogP contribution in [0, 0.1) is 5.92 Å². The number of carboxylic acid groups (broad SMARTS) is 1. The number of rotatable bonds is 8. The minimum atomic E-state index is -0.917. The summed E-state index contributed by atoms with van der Waals surface area (Å²) < 4.78 is 0. The van der Waals surface area contributed by atoms with Gasteiger partial charge in [-0.1, -0.05) is 39.5 Å². The molecule has 0 radical (unpaired) electrons. The zero-order valence-corrected chi connectivity index (χ0v) is 9.20. The summed E-state index contributed by atoms with van der Waals surface area (Å²) in [6.45, 7) is 4.39. The Labute approximate surface area is 86.1 Å². The van der Waals surface area contributed by atoms with Crippen molar-refractivity contribution in [2.24, 2.45) is 5.92 Å². The van der Waals surface area contributed by atoms with Crippen LogP contribution in [0.5, 0.6) is 0 Å². The molecule has 2 atom stereocenters. The van der Waals surface area contributed by atoms with Crippen LogP contribution in [0.4, 0.5) is 0 Å². The van der Waals surface area contributed by atoms with Crippen molar-refractivity contribution in [1.29, 1.82) is 0 Å². The summed E-state index contributed by atoms with van der Waals surface area (Å²) in [5.74, 6) is -0.175. The maximum absolute atomic E-state index is 10.2. The van der Waals surface area contributed by atoms with E-state index in [0.717, 1.165) is 18.8 Å². The van der Waals surface area contributed by atoms with Crippen molar-refractivity contribution in [2.75, 3.05) is 0 Å². The standard InChI is InChI=1S/C11H22O3/c1-3-9(2)6-4-5-7-10(12)8-11(13)14/h9-10,12H,3-8H2,1-2H3,(H,13,14)/t9-,10?/m0/s1. The Balaban J connectivity index is 3.31. The second-order valence-corrected chi connectivity index (χ2v) is 4.05. The topological polar surface area (TPSA) is 57.5 Å². The third-order valence-corrected chi connectivity index (χ3v) is 2.59. The van der Waals surface area contributed by atoms with E-state index in [1.807, 2.05) is 0 Å². The van der Waals surface area contributed by atoms with E-state index in [1.54, 1.807) is 0 Å². The number of aliphatic hydroxyl groups excluding tert-OH is 1. The molecule has 3 heteroatoms. The highest BCUT2D eigenvalue weighted by Crippen LogP contribution is 2.13. The second kappa shape index (κ2) is 7.80. The molecule has 0 aliphatic carbocycles. The molecule has 84 valence electrons. The monoisotopic (exact) mass is 202 g/mol. The zero-order valence-electron chi connectivity index (χ0n) is 9.20. The number of aliphatic carboxylic acids is 1. The summed E-state index contributed by atoms with van der Waals surface area (Å²) in [6.07, 6.45) is 4.22. The Morgan fingerprint density at radius 3 is 2.36 bits per heavy atom. The molecule has 0 aliphatic rings. The van der Waals surface area contributed by atoms with Gasteiger partial charge in [0, 0.05) is 0 Å². The fraction of sp³-hybridized carbons (Fsp3) is 0.909. The van der Waals surface area contributed by atoms with E-state index in [1.165, 1.54) is 12.8 Å². The molecular formula is C11H22O3. The van der Waals surface area contributed by atoms with Crippen molar-refractivity contribution >= 4 is 5.97 Å². The van der Waals surface area contributed by atoms with Crippen LogP contribution in [0.2, 0.25) is 0 Å². The van der Waals surface area contributed by atoms with Crippen LogP contribution in [0.25, 0.3) is 0 Å². The predicted octanol–water partition coefficient (Wildman–Crippen LogP) is 2.43. The van der Waals surface area contributed by atoms with Crippen LogP contribution in [0.15, 0.2) is 0 Å². The number of carbonyl (C=O) groups is 1. The van der Waals surface area contributed by atoms with Crippen LogP contribution in [0.3, 0.4) is 0 Å². The Hall–Kier alpha value is -0.570. The van der Waals surface area contributed by atoms with Gasteiger partial charge in [0.1, 0.15) is 0 Å². The Kier molecular flexibility index (Phi) is 7.48. The molecule has 2 N–H and O–H groups in total. The van der Waals surface area contributed by atoms with Gasteiger partial charge >= 0.3 is 5.97 Å². The first-order chi connectivity index (χ1) is 6.56. The van der Waals surface area contributed by atoms with Crippen LogP contribution in [0.1, 0.15) is 52.4 Å². The van der Waals surface area contributed by atoms with Crippen molar-refractivity contribution in [2.45, 2.75) is 58.5 Å². The lowest BCUT2D eigenvalue weighted by Gasteiger charge is -2.09. The molecule has 0 aromatic carbocycles. The molecule has 0 saturated heterocycles. The molecule has 3 nitrogen and oxygen atoms in total. The van der Waals surface area contributed by atoms with Crippen molar-refractivity contribution in [3.63, 3.8) is 0 Å². The van der Waals surface area contributed by atoms with E-state index in [9.17, 15) is 9.90 Å². The maximum Gasteiger partial charge on any atom is 0.305 e. The SMILES string of the molecule is CC[C@H](C)CCCCC(O)CC(=O)O. The number of unbranched alkanes of at least 4 members (excludes halogenated alkanes) is 1. The summed E-state index contributed by atoms with van der Waals surface area (Å²) in [5, 5.41) is 17.7. The van der Waals surface area contributed by atoms with Gasteiger partial charge in [-0.3, -0.25) is 4.79 Å². The predicted molar refractivity (Wildman–Crippen MR) is 56.2 cm³/mol. The second-order valence-electron chi connectivity index (χ2n) is 4.05. The number of hydrogen-bond donors (Lipinski definition) is 2. The summed E-state index contributed by atoms with van der Waals surface area (Å²) in [4.78, 5) is 10.2. The first-order valence-electron chi connectivity index (χ1n) is 5.46. The molecule has 0 rings (SSSR count). The average Bonchev–Trinajstić information content (AvgIpc) is 2.10. The number of aliphatic hydroxyl groups is 1. The normalized spacial score (nSPS) is 15.1. The summed E-state index contributed by atoms with van der Waals surface area (Å²) >= 11 is 0. The molecule has 0 spiro atoms. The molecule has 0 fully saturated rings. The summed E-state index contributed by atoms with van der Waals surface area (Å²) in [5.41, 5.74) is 0. The van der Waals surface area contributed by atoms with Crippen molar-refractivity contribution in [1.82, 2.24) is 0 Å². The number of carboxylic acids is 1. The van der Waals surface area contributed by atoms with Gasteiger partial charge < -0.3 is 10.2 Å². The molecule has 14 heavy (non-hydrogen) atoms. The van der Waals surface area contributed by atoms with Gasteiger partial charge in [-0.2, -0.15) is 0 Å². The van der Waals surface area contributed by atoms with E-state index in [0.29, 0.717) is 6.42 Å². The highest BCUT2D eigenvalue weighted by molar-refractivity contribution is 5.67. The van der Waals surface area contributed by atoms with Crippen LogP contribution in [-0.4, -0.2) is 22.3 Å². The minimum Gasteiger partial charge on any atom is -0.481 e. The first-order valence-corrected chi connectivity index (χ1v) is 5.46. The van der Waals surface area contributed by atoms with E-state index >= 15 is 0 Å². The molecule has 1 unspecified atom stereocenters. The van der Waals surface area contributed by atoms with Gasteiger partial charge in [0.15, 0.2) is 0 Å². The highest BCUT2D eigenvalue weighted by atomic mass is 16.4. The fourth-order valence-electron chi connectivity index (χ4n) is 1.38. The van der Waals surface area contributed by atoms with Gasteiger partial charge in [-0.25, -0.2) is 0 Å². The average molecular weight is 202 g/mol. The first kappa shape index (κ1) is 13.4. The Bertz CT molecular complexity index is 157. The molecule has 0 amide bonds. The third kappa shape index (κ3) is 8.05. The summed E-state index contributed by atoms with van der Waals surface area (Å²) in [6, 6.07) is 0. The largest absolute Gasteiger partial charge is 0.481 e. The molecular weight excluding hydrogens is 180 g/mol.